The lowest BCUT2D eigenvalue weighted by Crippen LogP contribution is -2.33. The molecule has 0 aromatic heterocycles. The molecule has 3 N–H and O–H groups in total. The Hall–Kier alpha value is -4.52. The van der Waals surface area contributed by atoms with Crippen molar-refractivity contribution in [2.24, 2.45) is 5.10 Å². The van der Waals surface area contributed by atoms with Gasteiger partial charge in [-0.15, -0.1) is 0 Å². The second-order valence-corrected chi connectivity index (χ2v) is 7.26. The van der Waals surface area contributed by atoms with Gasteiger partial charge in [-0.25, -0.2) is 5.43 Å². The van der Waals surface area contributed by atoms with Crippen LogP contribution in [0.4, 0.5) is 11.4 Å². The van der Waals surface area contributed by atoms with Gasteiger partial charge in [0.25, 0.3) is 5.91 Å². The molecule has 33 heavy (non-hydrogen) atoms. The molecule has 0 unspecified atom stereocenters. The number of allylic oxidation sites excluding steroid dienone is 1. The Morgan fingerprint density at radius 3 is 2.30 bits per heavy atom. The second-order valence-electron chi connectivity index (χ2n) is 7.26. The van der Waals surface area contributed by atoms with Crippen molar-refractivity contribution in [3.63, 3.8) is 0 Å². The SMILES string of the molecule is CC(C=Cc1ccccc1)=NNC(=O)C(=O)Nc1ccccc1C(=O)Nc1cccc(C)c1. The second kappa shape index (κ2) is 11.2. The first kappa shape index (κ1) is 23.1. The molecular weight excluding hydrogens is 416 g/mol. The first-order chi connectivity index (χ1) is 15.9. The first-order valence-corrected chi connectivity index (χ1v) is 10.3. The topological polar surface area (TPSA) is 99.7 Å². The first-order valence-electron chi connectivity index (χ1n) is 10.3. The third-order valence-corrected chi connectivity index (χ3v) is 4.55. The van der Waals surface area contributed by atoms with Gasteiger partial charge in [0.1, 0.15) is 0 Å². The lowest BCUT2D eigenvalue weighted by molar-refractivity contribution is -0.136. The van der Waals surface area contributed by atoms with Crippen molar-refractivity contribution in [2.45, 2.75) is 13.8 Å². The van der Waals surface area contributed by atoms with Gasteiger partial charge >= 0.3 is 11.8 Å². The number of aryl methyl sites for hydroxylation is 1. The van der Waals surface area contributed by atoms with Crippen molar-refractivity contribution < 1.29 is 14.4 Å². The Morgan fingerprint density at radius 2 is 1.55 bits per heavy atom. The van der Waals surface area contributed by atoms with Crippen LogP contribution in [0, 0.1) is 6.92 Å². The van der Waals surface area contributed by atoms with E-state index in [9.17, 15) is 14.4 Å². The van der Waals surface area contributed by atoms with Crippen LogP contribution in [0.5, 0.6) is 0 Å². The van der Waals surface area contributed by atoms with E-state index in [4.69, 9.17) is 0 Å². The number of hydrogen-bond acceptors (Lipinski definition) is 4. The van der Waals surface area contributed by atoms with Gasteiger partial charge in [0, 0.05) is 5.69 Å². The quantitative estimate of drug-likeness (QED) is 0.301. The molecule has 0 aliphatic heterocycles. The summed E-state index contributed by atoms with van der Waals surface area (Å²) in [5.41, 5.74) is 5.79. The molecule has 3 rings (SSSR count). The Kier molecular flexibility index (Phi) is 7.86. The molecule has 7 heteroatoms. The van der Waals surface area contributed by atoms with Crippen LogP contribution in [-0.4, -0.2) is 23.4 Å². The molecule has 0 spiro atoms. The molecule has 0 atom stereocenters. The number of carbonyl (C=O) groups is 3. The number of anilines is 2. The molecule has 0 fully saturated rings. The number of amides is 3. The molecule has 166 valence electrons. The zero-order valence-electron chi connectivity index (χ0n) is 18.3. The number of hydrogen-bond donors (Lipinski definition) is 3. The molecule has 0 saturated heterocycles. The van der Waals surface area contributed by atoms with Crippen LogP contribution in [0.3, 0.4) is 0 Å². The molecule has 0 radical (unpaired) electrons. The summed E-state index contributed by atoms with van der Waals surface area (Å²) >= 11 is 0. The summed E-state index contributed by atoms with van der Waals surface area (Å²) in [4.78, 5) is 37.2. The Balaban J connectivity index is 1.62. The molecule has 0 saturated carbocycles. The van der Waals surface area contributed by atoms with E-state index in [1.54, 1.807) is 43.3 Å². The predicted molar refractivity (Wildman–Crippen MR) is 131 cm³/mol. The van der Waals surface area contributed by atoms with Crippen LogP contribution in [-0.2, 0) is 9.59 Å². The summed E-state index contributed by atoms with van der Waals surface area (Å²) in [6, 6.07) is 23.4. The minimum absolute atomic E-state index is 0.215. The van der Waals surface area contributed by atoms with Gasteiger partial charge in [-0.2, -0.15) is 5.10 Å². The van der Waals surface area contributed by atoms with Gasteiger partial charge in [0.05, 0.1) is 17.0 Å². The summed E-state index contributed by atoms with van der Waals surface area (Å²) < 4.78 is 0. The average molecular weight is 441 g/mol. The number of carbonyl (C=O) groups excluding carboxylic acids is 3. The van der Waals surface area contributed by atoms with Gasteiger partial charge in [-0.05, 0) is 55.3 Å². The summed E-state index contributed by atoms with van der Waals surface area (Å²) in [7, 11) is 0. The van der Waals surface area contributed by atoms with Crippen LogP contribution in [0.25, 0.3) is 6.08 Å². The summed E-state index contributed by atoms with van der Waals surface area (Å²) in [6.07, 6.45) is 3.56. The van der Waals surface area contributed by atoms with Crippen LogP contribution in [0.2, 0.25) is 0 Å². The highest BCUT2D eigenvalue weighted by Gasteiger charge is 2.18. The Labute approximate surface area is 192 Å². The van der Waals surface area contributed by atoms with Crippen LogP contribution < -0.4 is 16.1 Å². The van der Waals surface area contributed by atoms with E-state index < -0.39 is 17.7 Å². The van der Waals surface area contributed by atoms with Gasteiger partial charge in [-0.1, -0.05) is 60.7 Å². The van der Waals surface area contributed by atoms with Crippen LogP contribution in [0.15, 0.2) is 90.0 Å². The van der Waals surface area contributed by atoms with E-state index in [0.29, 0.717) is 11.4 Å². The molecule has 0 aliphatic carbocycles. The molecular formula is C26H24N4O3. The summed E-state index contributed by atoms with van der Waals surface area (Å²) in [6.45, 7) is 3.62. The van der Waals surface area contributed by atoms with Crippen molar-refractivity contribution in [1.82, 2.24) is 5.43 Å². The number of hydrazone groups is 1. The minimum atomic E-state index is -0.948. The van der Waals surface area contributed by atoms with Crippen LogP contribution in [0.1, 0.15) is 28.4 Å². The van der Waals surface area contributed by atoms with E-state index in [-0.39, 0.29) is 11.3 Å². The maximum Gasteiger partial charge on any atom is 0.329 e. The highest BCUT2D eigenvalue weighted by molar-refractivity contribution is 6.40. The minimum Gasteiger partial charge on any atom is -0.322 e. The fourth-order valence-electron chi connectivity index (χ4n) is 2.90. The zero-order chi connectivity index (χ0) is 23.6. The van der Waals surface area contributed by atoms with E-state index >= 15 is 0 Å². The van der Waals surface area contributed by atoms with E-state index in [0.717, 1.165) is 11.1 Å². The fraction of sp³-hybridized carbons (Fsp3) is 0.0769. The van der Waals surface area contributed by atoms with Crippen molar-refractivity contribution in [3.8, 4) is 0 Å². The molecule has 3 aromatic carbocycles. The maximum absolute atomic E-state index is 12.7. The molecule has 3 aromatic rings. The Bertz CT molecular complexity index is 1220. The van der Waals surface area contributed by atoms with E-state index in [1.165, 1.54) is 0 Å². The molecule has 0 heterocycles. The fourth-order valence-corrected chi connectivity index (χ4v) is 2.90. The molecule has 7 nitrogen and oxygen atoms in total. The molecule has 3 amide bonds. The number of benzene rings is 3. The highest BCUT2D eigenvalue weighted by Crippen LogP contribution is 2.18. The summed E-state index contributed by atoms with van der Waals surface area (Å²) in [5, 5.41) is 9.17. The van der Waals surface area contributed by atoms with Crippen molar-refractivity contribution in [1.29, 1.82) is 0 Å². The smallest absolute Gasteiger partial charge is 0.322 e. The molecule has 0 aliphatic rings. The lowest BCUT2D eigenvalue weighted by Gasteiger charge is -2.11. The van der Waals surface area contributed by atoms with Gasteiger partial charge < -0.3 is 10.6 Å². The van der Waals surface area contributed by atoms with E-state index in [1.807, 2.05) is 61.5 Å². The third-order valence-electron chi connectivity index (χ3n) is 4.55. The van der Waals surface area contributed by atoms with E-state index in [2.05, 4.69) is 21.2 Å². The zero-order valence-corrected chi connectivity index (χ0v) is 18.3. The highest BCUT2D eigenvalue weighted by atomic mass is 16.2. The number of para-hydroxylation sites is 1. The normalized spacial score (nSPS) is 11.2. The number of rotatable bonds is 6. The molecule has 0 bridgehead atoms. The average Bonchev–Trinajstić information content (AvgIpc) is 2.82. The number of nitrogens with one attached hydrogen (secondary N) is 3. The van der Waals surface area contributed by atoms with Crippen molar-refractivity contribution in [2.75, 3.05) is 10.6 Å². The van der Waals surface area contributed by atoms with Gasteiger partial charge in [-0.3, -0.25) is 14.4 Å². The lowest BCUT2D eigenvalue weighted by atomic mass is 10.1. The number of nitrogens with zero attached hydrogens (tertiary/aromatic N) is 1. The predicted octanol–water partition coefficient (Wildman–Crippen LogP) is 4.39. The van der Waals surface area contributed by atoms with Gasteiger partial charge in [0.15, 0.2) is 0 Å². The largest absolute Gasteiger partial charge is 0.329 e. The van der Waals surface area contributed by atoms with Crippen LogP contribution >= 0.6 is 0 Å². The van der Waals surface area contributed by atoms with Crippen molar-refractivity contribution >= 4 is 40.9 Å². The Morgan fingerprint density at radius 1 is 0.818 bits per heavy atom. The third kappa shape index (κ3) is 7.00. The maximum atomic E-state index is 12.7. The monoisotopic (exact) mass is 440 g/mol. The summed E-state index contributed by atoms with van der Waals surface area (Å²) in [5.74, 6) is -2.29. The standard InChI is InChI=1S/C26H24N4O3/c1-18-9-8-12-21(17-18)27-24(31)22-13-6-7-14-23(22)28-25(32)26(33)30-29-19(2)15-16-20-10-4-3-5-11-20/h3-17H,1-2H3,(H,27,31)(H,28,32)(H,30,33). The van der Waals surface area contributed by atoms with Crippen molar-refractivity contribution in [3.05, 3.63) is 102 Å². The van der Waals surface area contributed by atoms with Gasteiger partial charge in [0.2, 0.25) is 0 Å².